The normalized spacial score (nSPS) is 22.0. The Bertz CT molecular complexity index is 512. The number of nitrogens with zero attached hydrogens (tertiary/aromatic N) is 1. The number of hydrogen-bond donors (Lipinski definition) is 2. The van der Waals surface area contributed by atoms with Gasteiger partial charge < -0.3 is 15.4 Å². The van der Waals surface area contributed by atoms with Crippen LogP contribution in [0.1, 0.15) is 23.7 Å². The van der Waals surface area contributed by atoms with E-state index in [0.717, 1.165) is 56.1 Å². The van der Waals surface area contributed by atoms with E-state index in [-0.39, 0.29) is 11.9 Å². The SMILES string of the molecule is CCC1CNc2cc(C(=O)CN3CCNCC3)ccc2O1. The molecular weight excluding hydrogens is 266 g/mol. The first kappa shape index (κ1) is 14.4. The second-order valence-electron chi connectivity index (χ2n) is 5.69. The highest BCUT2D eigenvalue weighted by Crippen LogP contribution is 2.30. The lowest BCUT2D eigenvalue weighted by Crippen LogP contribution is -2.45. The quantitative estimate of drug-likeness (QED) is 0.820. The van der Waals surface area contributed by atoms with Crippen LogP contribution in [-0.2, 0) is 0 Å². The van der Waals surface area contributed by atoms with Crippen molar-refractivity contribution in [2.24, 2.45) is 0 Å². The van der Waals surface area contributed by atoms with Crippen LogP contribution in [0.5, 0.6) is 5.75 Å². The molecule has 3 rings (SSSR count). The number of rotatable bonds is 4. The number of ether oxygens (including phenoxy) is 1. The number of carbonyl (C=O) groups excluding carboxylic acids is 1. The number of hydrogen-bond acceptors (Lipinski definition) is 5. The number of benzene rings is 1. The molecule has 2 aliphatic heterocycles. The summed E-state index contributed by atoms with van der Waals surface area (Å²) in [7, 11) is 0. The summed E-state index contributed by atoms with van der Waals surface area (Å²) in [6, 6.07) is 5.71. The summed E-state index contributed by atoms with van der Waals surface area (Å²) >= 11 is 0. The molecule has 114 valence electrons. The summed E-state index contributed by atoms with van der Waals surface area (Å²) in [5.41, 5.74) is 1.70. The molecule has 0 amide bonds. The molecule has 1 aromatic rings. The fourth-order valence-corrected chi connectivity index (χ4v) is 2.78. The minimum atomic E-state index is 0.180. The van der Waals surface area contributed by atoms with Crippen molar-refractivity contribution in [2.75, 3.05) is 44.6 Å². The number of anilines is 1. The summed E-state index contributed by atoms with van der Waals surface area (Å²) in [5, 5.41) is 6.66. The summed E-state index contributed by atoms with van der Waals surface area (Å²) in [4.78, 5) is 14.6. The molecule has 21 heavy (non-hydrogen) atoms. The number of carbonyl (C=O) groups is 1. The van der Waals surface area contributed by atoms with Crippen LogP contribution < -0.4 is 15.4 Å². The van der Waals surface area contributed by atoms with Crippen molar-refractivity contribution in [3.8, 4) is 5.75 Å². The third-order valence-corrected chi connectivity index (χ3v) is 4.15. The Balaban J connectivity index is 1.67. The van der Waals surface area contributed by atoms with Crippen molar-refractivity contribution in [1.29, 1.82) is 0 Å². The van der Waals surface area contributed by atoms with Gasteiger partial charge in [0.25, 0.3) is 0 Å². The maximum absolute atomic E-state index is 12.4. The number of nitrogens with one attached hydrogen (secondary N) is 2. The average molecular weight is 289 g/mol. The van der Waals surface area contributed by atoms with Crippen molar-refractivity contribution >= 4 is 11.5 Å². The zero-order valence-electron chi connectivity index (χ0n) is 12.5. The largest absolute Gasteiger partial charge is 0.486 e. The van der Waals surface area contributed by atoms with Gasteiger partial charge in [-0.25, -0.2) is 0 Å². The number of fused-ring (bicyclic) bond motifs is 1. The molecule has 0 bridgehead atoms. The highest BCUT2D eigenvalue weighted by atomic mass is 16.5. The molecule has 1 atom stereocenters. The average Bonchev–Trinajstić information content (AvgIpc) is 2.54. The molecular formula is C16H23N3O2. The van der Waals surface area contributed by atoms with Gasteiger partial charge in [-0.3, -0.25) is 9.69 Å². The second kappa shape index (κ2) is 6.45. The summed E-state index contributed by atoms with van der Waals surface area (Å²) < 4.78 is 5.87. The van der Waals surface area contributed by atoms with Crippen LogP contribution in [-0.4, -0.2) is 56.1 Å². The summed E-state index contributed by atoms with van der Waals surface area (Å²) in [5.74, 6) is 1.03. The van der Waals surface area contributed by atoms with Crippen molar-refractivity contribution in [3.63, 3.8) is 0 Å². The first-order chi connectivity index (χ1) is 10.3. The first-order valence-corrected chi connectivity index (χ1v) is 7.77. The van der Waals surface area contributed by atoms with E-state index in [0.29, 0.717) is 6.54 Å². The van der Waals surface area contributed by atoms with Crippen LogP contribution in [0, 0.1) is 0 Å². The molecule has 0 radical (unpaired) electrons. The topological polar surface area (TPSA) is 53.6 Å². The van der Waals surface area contributed by atoms with Crippen molar-refractivity contribution in [2.45, 2.75) is 19.4 Å². The molecule has 1 fully saturated rings. The van der Waals surface area contributed by atoms with Crippen molar-refractivity contribution < 1.29 is 9.53 Å². The molecule has 1 aromatic carbocycles. The van der Waals surface area contributed by atoms with E-state index in [9.17, 15) is 4.79 Å². The molecule has 5 nitrogen and oxygen atoms in total. The third-order valence-electron chi connectivity index (χ3n) is 4.15. The second-order valence-corrected chi connectivity index (χ2v) is 5.69. The predicted molar refractivity (Wildman–Crippen MR) is 83.3 cm³/mol. The highest BCUT2D eigenvalue weighted by Gasteiger charge is 2.20. The molecule has 0 aromatic heterocycles. The van der Waals surface area contributed by atoms with Gasteiger partial charge in [0.2, 0.25) is 0 Å². The molecule has 1 unspecified atom stereocenters. The van der Waals surface area contributed by atoms with Crippen LogP contribution in [0.25, 0.3) is 0 Å². The van der Waals surface area contributed by atoms with Crippen LogP contribution in [0.15, 0.2) is 18.2 Å². The Hall–Kier alpha value is -1.59. The van der Waals surface area contributed by atoms with Gasteiger partial charge in [0, 0.05) is 31.7 Å². The van der Waals surface area contributed by atoms with Gasteiger partial charge in [0.05, 0.1) is 18.8 Å². The molecule has 1 saturated heterocycles. The van der Waals surface area contributed by atoms with Crippen LogP contribution in [0.4, 0.5) is 5.69 Å². The van der Waals surface area contributed by atoms with E-state index in [1.165, 1.54) is 0 Å². The lowest BCUT2D eigenvalue weighted by atomic mass is 10.1. The zero-order valence-corrected chi connectivity index (χ0v) is 12.5. The van der Waals surface area contributed by atoms with Crippen LogP contribution >= 0.6 is 0 Å². The highest BCUT2D eigenvalue weighted by molar-refractivity contribution is 5.98. The lowest BCUT2D eigenvalue weighted by Gasteiger charge is -2.28. The fourth-order valence-electron chi connectivity index (χ4n) is 2.78. The first-order valence-electron chi connectivity index (χ1n) is 7.77. The van der Waals surface area contributed by atoms with Gasteiger partial charge in [0.1, 0.15) is 11.9 Å². The van der Waals surface area contributed by atoms with Gasteiger partial charge in [-0.15, -0.1) is 0 Å². The fraction of sp³-hybridized carbons (Fsp3) is 0.562. The smallest absolute Gasteiger partial charge is 0.176 e. The molecule has 0 aliphatic carbocycles. The molecule has 2 N–H and O–H groups in total. The van der Waals surface area contributed by atoms with Gasteiger partial charge in [-0.1, -0.05) is 6.92 Å². The van der Waals surface area contributed by atoms with Crippen molar-refractivity contribution in [1.82, 2.24) is 10.2 Å². The van der Waals surface area contributed by atoms with Crippen LogP contribution in [0.2, 0.25) is 0 Å². The van der Waals surface area contributed by atoms with Crippen LogP contribution in [0.3, 0.4) is 0 Å². The maximum Gasteiger partial charge on any atom is 0.176 e. The van der Waals surface area contributed by atoms with E-state index >= 15 is 0 Å². The van der Waals surface area contributed by atoms with E-state index in [1.54, 1.807) is 0 Å². The predicted octanol–water partition coefficient (Wildman–Crippen LogP) is 1.36. The third kappa shape index (κ3) is 3.36. The summed E-state index contributed by atoms with van der Waals surface area (Å²) in [6.45, 7) is 7.23. The van der Waals surface area contributed by atoms with Gasteiger partial charge in [0.15, 0.2) is 5.78 Å². The summed E-state index contributed by atoms with van der Waals surface area (Å²) in [6.07, 6.45) is 1.20. The monoisotopic (exact) mass is 289 g/mol. The van der Waals surface area contributed by atoms with Gasteiger partial charge in [-0.2, -0.15) is 0 Å². The van der Waals surface area contributed by atoms with E-state index < -0.39 is 0 Å². The molecule has 2 aliphatic rings. The maximum atomic E-state index is 12.4. The number of ketones is 1. The minimum absolute atomic E-state index is 0.180. The van der Waals surface area contributed by atoms with E-state index in [2.05, 4.69) is 22.5 Å². The standard InChI is InChI=1S/C16H23N3O2/c1-2-13-10-18-14-9-12(3-4-16(14)21-13)15(20)11-19-7-5-17-6-8-19/h3-4,9,13,17-18H,2,5-8,10-11H2,1H3. The van der Waals surface area contributed by atoms with Gasteiger partial charge >= 0.3 is 0 Å². The van der Waals surface area contributed by atoms with E-state index in [4.69, 9.17) is 4.74 Å². The number of Topliss-reactive ketones (excluding diaryl/α,β-unsaturated/α-hetero) is 1. The lowest BCUT2D eigenvalue weighted by molar-refractivity contribution is 0.0921. The van der Waals surface area contributed by atoms with Crippen molar-refractivity contribution in [3.05, 3.63) is 23.8 Å². The molecule has 5 heteroatoms. The molecule has 2 heterocycles. The Morgan fingerprint density at radius 1 is 1.38 bits per heavy atom. The number of piperazine rings is 1. The Labute approximate surface area is 125 Å². The minimum Gasteiger partial charge on any atom is -0.486 e. The Morgan fingerprint density at radius 2 is 2.19 bits per heavy atom. The van der Waals surface area contributed by atoms with Gasteiger partial charge in [-0.05, 0) is 24.6 Å². The Morgan fingerprint density at radius 3 is 2.95 bits per heavy atom. The molecule has 0 saturated carbocycles. The Kier molecular flexibility index (Phi) is 4.41. The zero-order chi connectivity index (χ0) is 14.7. The van der Waals surface area contributed by atoms with E-state index in [1.807, 2.05) is 18.2 Å². The molecule has 0 spiro atoms.